The van der Waals surface area contributed by atoms with Crippen LogP contribution in [-0.4, -0.2) is 14.4 Å². The van der Waals surface area contributed by atoms with Crippen LogP contribution in [0.3, 0.4) is 0 Å². The van der Waals surface area contributed by atoms with Gasteiger partial charge in [0.2, 0.25) is 0 Å². The molecule has 0 unspecified atom stereocenters. The topological polar surface area (TPSA) is 33.1 Å². The van der Waals surface area contributed by atoms with E-state index < -0.39 is 0 Å². The molecule has 68 valence electrons. The van der Waals surface area contributed by atoms with Gasteiger partial charge in [-0.05, 0) is 29.3 Å². The molecule has 3 aromatic heterocycles. The number of aromatic amines is 1. The second-order valence-electron chi connectivity index (χ2n) is 3.21. The molecule has 0 aliphatic rings. The van der Waals surface area contributed by atoms with Crippen molar-refractivity contribution in [2.45, 2.75) is 0 Å². The summed E-state index contributed by atoms with van der Waals surface area (Å²) >= 11 is 0. The Kier molecular flexibility index (Phi) is 1.44. The molecule has 14 heavy (non-hydrogen) atoms. The number of fused-ring (bicyclic) bond motifs is 1. The van der Waals surface area contributed by atoms with Crippen LogP contribution in [0.25, 0.3) is 16.8 Å². The summed E-state index contributed by atoms with van der Waals surface area (Å²) in [6.07, 6.45) is 9.66. The van der Waals surface area contributed by atoms with Crippen molar-refractivity contribution in [2.24, 2.45) is 0 Å². The normalized spacial score (nSPS) is 10.9. The van der Waals surface area contributed by atoms with E-state index in [1.807, 2.05) is 29.2 Å². The average molecular weight is 183 g/mol. The van der Waals surface area contributed by atoms with Crippen LogP contribution in [0.1, 0.15) is 0 Å². The van der Waals surface area contributed by atoms with Gasteiger partial charge in [-0.2, -0.15) is 0 Å². The highest BCUT2D eigenvalue weighted by atomic mass is 15.0. The quantitative estimate of drug-likeness (QED) is 0.617. The minimum absolute atomic E-state index is 0.976. The molecular formula is C11H9N3. The van der Waals surface area contributed by atoms with E-state index in [1.54, 1.807) is 6.20 Å². The lowest BCUT2D eigenvalue weighted by Gasteiger charge is -1.98. The Labute approximate surface area is 81.0 Å². The summed E-state index contributed by atoms with van der Waals surface area (Å²) in [4.78, 5) is 7.28. The van der Waals surface area contributed by atoms with Crippen LogP contribution in [0.4, 0.5) is 0 Å². The standard InChI is InChI=1S/C11H9N3/c1-3-12-8-10(1)9-2-5-14-6-4-13-11(14)7-9/h1-8,12H. The van der Waals surface area contributed by atoms with Crippen LogP contribution in [0, 0.1) is 0 Å². The molecule has 0 aliphatic heterocycles. The molecule has 0 atom stereocenters. The van der Waals surface area contributed by atoms with Gasteiger partial charge in [0.15, 0.2) is 0 Å². The van der Waals surface area contributed by atoms with Gasteiger partial charge in [-0.1, -0.05) is 0 Å². The lowest BCUT2D eigenvalue weighted by Crippen LogP contribution is -1.83. The monoisotopic (exact) mass is 183 g/mol. The largest absolute Gasteiger partial charge is 0.367 e. The molecule has 0 spiro atoms. The molecule has 0 saturated carbocycles. The first-order chi connectivity index (χ1) is 6.93. The van der Waals surface area contributed by atoms with Crippen molar-refractivity contribution >= 4 is 5.65 Å². The van der Waals surface area contributed by atoms with E-state index in [1.165, 1.54) is 11.1 Å². The summed E-state index contributed by atoms with van der Waals surface area (Å²) in [6.45, 7) is 0. The Bertz CT molecular complexity index is 549. The van der Waals surface area contributed by atoms with Gasteiger partial charge in [-0.15, -0.1) is 0 Å². The highest BCUT2D eigenvalue weighted by Gasteiger charge is 1.99. The first kappa shape index (κ1) is 7.38. The van der Waals surface area contributed by atoms with E-state index in [9.17, 15) is 0 Å². The Morgan fingerprint density at radius 2 is 2.14 bits per heavy atom. The zero-order chi connectivity index (χ0) is 9.38. The van der Waals surface area contributed by atoms with Crippen molar-refractivity contribution < 1.29 is 0 Å². The second-order valence-corrected chi connectivity index (χ2v) is 3.21. The van der Waals surface area contributed by atoms with E-state index in [0.29, 0.717) is 0 Å². The molecule has 3 nitrogen and oxygen atoms in total. The van der Waals surface area contributed by atoms with Gasteiger partial charge in [-0.3, -0.25) is 0 Å². The molecule has 3 heteroatoms. The predicted octanol–water partition coefficient (Wildman–Crippen LogP) is 2.33. The molecule has 0 fully saturated rings. The third kappa shape index (κ3) is 1.03. The average Bonchev–Trinajstić information content (AvgIpc) is 2.88. The minimum Gasteiger partial charge on any atom is -0.367 e. The number of nitrogens with one attached hydrogen (secondary N) is 1. The summed E-state index contributed by atoms with van der Waals surface area (Å²) in [5.41, 5.74) is 3.35. The molecule has 3 rings (SSSR count). The fraction of sp³-hybridized carbons (Fsp3) is 0. The zero-order valence-corrected chi connectivity index (χ0v) is 7.51. The maximum absolute atomic E-state index is 4.24. The summed E-state index contributed by atoms with van der Waals surface area (Å²) in [5, 5.41) is 0. The van der Waals surface area contributed by atoms with Gasteiger partial charge < -0.3 is 9.38 Å². The van der Waals surface area contributed by atoms with Crippen LogP contribution in [0.15, 0.2) is 49.2 Å². The van der Waals surface area contributed by atoms with Crippen molar-refractivity contribution in [3.63, 3.8) is 0 Å². The molecule has 0 bridgehead atoms. The first-order valence-electron chi connectivity index (χ1n) is 4.49. The third-order valence-electron chi connectivity index (χ3n) is 2.33. The Balaban J connectivity index is 2.23. The maximum atomic E-state index is 4.24. The Morgan fingerprint density at radius 1 is 1.14 bits per heavy atom. The molecule has 0 aliphatic carbocycles. The van der Waals surface area contributed by atoms with Crippen LogP contribution in [-0.2, 0) is 0 Å². The van der Waals surface area contributed by atoms with Gasteiger partial charge >= 0.3 is 0 Å². The molecule has 0 amide bonds. The predicted molar refractivity (Wildman–Crippen MR) is 55.0 cm³/mol. The van der Waals surface area contributed by atoms with Crippen molar-refractivity contribution in [2.75, 3.05) is 0 Å². The SMILES string of the molecule is c1cn2ccc(-c3cc[nH]c3)cc2n1. The zero-order valence-electron chi connectivity index (χ0n) is 7.51. The lowest BCUT2D eigenvalue weighted by atomic mass is 10.1. The van der Waals surface area contributed by atoms with E-state index >= 15 is 0 Å². The number of nitrogens with zero attached hydrogens (tertiary/aromatic N) is 2. The van der Waals surface area contributed by atoms with Crippen molar-refractivity contribution in [1.29, 1.82) is 0 Å². The summed E-state index contributed by atoms with van der Waals surface area (Å²) in [7, 11) is 0. The fourth-order valence-corrected chi connectivity index (χ4v) is 1.59. The molecule has 0 saturated heterocycles. The van der Waals surface area contributed by atoms with E-state index in [4.69, 9.17) is 0 Å². The summed E-state index contributed by atoms with van der Waals surface area (Å²) in [5.74, 6) is 0. The highest BCUT2D eigenvalue weighted by molar-refractivity contribution is 5.66. The molecule has 1 N–H and O–H groups in total. The van der Waals surface area contributed by atoms with Crippen LogP contribution in [0.2, 0.25) is 0 Å². The minimum atomic E-state index is 0.976. The van der Waals surface area contributed by atoms with Crippen LogP contribution in [0.5, 0.6) is 0 Å². The van der Waals surface area contributed by atoms with Crippen LogP contribution < -0.4 is 0 Å². The maximum Gasteiger partial charge on any atom is 0.137 e. The van der Waals surface area contributed by atoms with E-state index in [-0.39, 0.29) is 0 Å². The number of hydrogen-bond acceptors (Lipinski definition) is 1. The van der Waals surface area contributed by atoms with Gasteiger partial charge in [0, 0.05) is 31.0 Å². The third-order valence-corrected chi connectivity index (χ3v) is 2.33. The van der Waals surface area contributed by atoms with E-state index in [0.717, 1.165) is 5.65 Å². The molecule has 3 aromatic rings. The smallest absolute Gasteiger partial charge is 0.137 e. The number of pyridine rings is 1. The number of imidazole rings is 1. The van der Waals surface area contributed by atoms with Crippen molar-refractivity contribution in [3.8, 4) is 11.1 Å². The van der Waals surface area contributed by atoms with Gasteiger partial charge in [0.25, 0.3) is 0 Å². The van der Waals surface area contributed by atoms with Crippen molar-refractivity contribution in [1.82, 2.24) is 14.4 Å². The molecule has 0 radical (unpaired) electrons. The van der Waals surface area contributed by atoms with Crippen LogP contribution >= 0.6 is 0 Å². The molecular weight excluding hydrogens is 174 g/mol. The highest BCUT2D eigenvalue weighted by Crippen LogP contribution is 2.19. The molecule has 3 heterocycles. The van der Waals surface area contributed by atoms with Crippen molar-refractivity contribution in [3.05, 3.63) is 49.2 Å². The first-order valence-corrected chi connectivity index (χ1v) is 4.49. The number of H-pyrrole nitrogens is 1. The lowest BCUT2D eigenvalue weighted by molar-refractivity contribution is 1.19. The van der Waals surface area contributed by atoms with Gasteiger partial charge in [0.05, 0.1) is 0 Å². The fourth-order valence-electron chi connectivity index (χ4n) is 1.59. The summed E-state index contributed by atoms with van der Waals surface area (Å²) in [6, 6.07) is 6.20. The second kappa shape index (κ2) is 2.73. The van der Waals surface area contributed by atoms with Gasteiger partial charge in [-0.25, -0.2) is 4.98 Å². The number of hydrogen-bond donors (Lipinski definition) is 1. The van der Waals surface area contributed by atoms with Gasteiger partial charge in [0.1, 0.15) is 5.65 Å². The Morgan fingerprint density at radius 3 is 3.00 bits per heavy atom. The number of aromatic nitrogens is 3. The Hall–Kier alpha value is -2.03. The summed E-state index contributed by atoms with van der Waals surface area (Å²) < 4.78 is 2.00. The molecule has 0 aromatic carbocycles. The number of rotatable bonds is 1. The van der Waals surface area contributed by atoms with E-state index in [2.05, 4.69) is 28.2 Å².